The van der Waals surface area contributed by atoms with E-state index in [0.29, 0.717) is 6.04 Å². The molecule has 1 N–H and O–H groups in total. The van der Waals surface area contributed by atoms with Crippen LogP contribution in [0.4, 0.5) is 5.69 Å². The molecule has 0 amide bonds. The predicted octanol–water partition coefficient (Wildman–Crippen LogP) is 4.12. The zero-order valence-electron chi connectivity index (χ0n) is 13.6. The van der Waals surface area contributed by atoms with Gasteiger partial charge in [-0.05, 0) is 64.1 Å². The van der Waals surface area contributed by atoms with Crippen LogP contribution in [0, 0.1) is 12.8 Å². The average molecular weight is 274 g/mol. The van der Waals surface area contributed by atoms with Crippen LogP contribution in [0.25, 0.3) is 0 Å². The molecule has 1 aromatic carbocycles. The molecule has 1 fully saturated rings. The molecule has 20 heavy (non-hydrogen) atoms. The highest BCUT2D eigenvalue weighted by Crippen LogP contribution is 2.33. The molecule has 0 unspecified atom stereocenters. The highest BCUT2D eigenvalue weighted by atomic mass is 15.2. The van der Waals surface area contributed by atoms with E-state index in [-0.39, 0.29) is 0 Å². The number of nitrogens with zero attached hydrogens (tertiary/aromatic N) is 1. The minimum atomic E-state index is 0.572. The Morgan fingerprint density at radius 3 is 2.65 bits per heavy atom. The largest absolute Gasteiger partial charge is 0.369 e. The molecule has 112 valence electrons. The van der Waals surface area contributed by atoms with E-state index in [4.69, 9.17) is 0 Å². The fourth-order valence-electron chi connectivity index (χ4n) is 2.70. The van der Waals surface area contributed by atoms with Gasteiger partial charge in [0.05, 0.1) is 0 Å². The van der Waals surface area contributed by atoms with E-state index in [0.717, 1.165) is 19.0 Å². The third-order valence-corrected chi connectivity index (χ3v) is 4.06. The van der Waals surface area contributed by atoms with Crippen molar-refractivity contribution < 1.29 is 0 Å². The molecular formula is C18H30N2. The Morgan fingerprint density at radius 1 is 1.30 bits per heavy atom. The zero-order valence-corrected chi connectivity index (χ0v) is 13.6. The molecule has 0 aliphatic heterocycles. The molecule has 2 nitrogen and oxygen atoms in total. The summed E-state index contributed by atoms with van der Waals surface area (Å²) in [7, 11) is 0. The molecule has 1 aliphatic rings. The molecule has 0 radical (unpaired) electrons. The topological polar surface area (TPSA) is 15.3 Å². The first-order valence-corrected chi connectivity index (χ1v) is 8.18. The monoisotopic (exact) mass is 274 g/mol. The molecule has 0 aromatic heterocycles. The summed E-state index contributed by atoms with van der Waals surface area (Å²) in [4.78, 5) is 2.60. The number of nitrogens with one attached hydrogen (secondary N) is 1. The highest BCUT2D eigenvalue weighted by Gasteiger charge is 2.26. The van der Waals surface area contributed by atoms with Crippen molar-refractivity contribution in [2.45, 2.75) is 59.5 Å². The molecule has 0 bridgehead atoms. The van der Waals surface area contributed by atoms with Gasteiger partial charge in [-0.25, -0.2) is 0 Å². The molecule has 0 saturated heterocycles. The fraction of sp³-hybridized carbons (Fsp3) is 0.667. The van der Waals surface area contributed by atoms with E-state index in [1.54, 1.807) is 0 Å². The Labute approximate surface area is 124 Å². The lowest BCUT2D eigenvalue weighted by atomic mass is 10.1. The van der Waals surface area contributed by atoms with Crippen LogP contribution in [-0.2, 0) is 6.54 Å². The molecular weight excluding hydrogens is 244 g/mol. The van der Waals surface area contributed by atoms with Crippen molar-refractivity contribution in [3.63, 3.8) is 0 Å². The summed E-state index contributed by atoms with van der Waals surface area (Å²) in [5, 5.41) is 3.56. The van der Waals surface area contributed by atoms with E-state index in [1.807, 2.05) is 0 Å². The molecule has 2 rings (SSSR count). The number of hydrogen-bond donors (Lipinski definition) is 1. The van der Waals surface area contributed by atoms with Gasteiger partial charge in [0, 0.05) is 24.8 Å². The van der Waals surface area contributed by atoms with E-state index in [9.17, 15) is 0 Å². The zero-order chi connectivity index (χ0) is 14.5. The summed E-state index contributed by atoms with van der Waals surface area (Å²) in [5.74, 6) is 0.926. The van der Waals surface area contributed by atoms with Crippen molar-refractivity contribution >= 4 is 5.69 Å². The normalized spacial score (nSPS) is 14.8. The second-order valence-corrected chi connectivity index (χ2v) is 6.50. The first-order valence-electron chi connectivity index (χ1n) is 8.18. The average Bonchev–Trinajstić information content (AvgIpc) is 3.21. The van der Waals surface area contributed by atoms with Crippen LogP contribution < -0.4 is 10.2 Å². The maximum absolute atomic E-state index is 3.56. The number of benzene rings is 1. The first-order chi connectivity index (χ1) is 9.61. The summed E-state index contributed by atoms with van der Waals surface area (Å²) in [5.41, 5.74) is 4.24. The first kappa shape index (κ1) is 15.4. The van der Waals surface area contributed by atoms with Gasteiger partial charge in [0.1, 0.15) is 0 Å². The number of aryl methyl sites for hydroxylation is 1. The minimum Gasteiger partial charge on any atom is -0.369 e. The molecule has 1 saturated carbocycles. The summed E-state index contributed by atoms with van der Waals surface area (Å²) >= 11 is 0. The fourth-order valence-corrected chi connectivity index (χ4v) is 2.70. The van der Waals surface area contributed by atoms with Gasteiger partial charge in [0.25, 0.3) is 0 Å². The lowest BCUT2D eigenvalue weighted by molar-refractivity contribution is 0.631. The van der Waals surface area contributed by atoms with Gasteiger partial charge in [-0.3, -0.25) is 0 Å². The van der Waals surface area contributed by atoms with Crippen molar-refractivity contribution in [3.8, 4) is 0 Å². The van der Waals surface area contributed by atoms with Crippen LogP contribution in [0.15, 0.2) is 18.2 Å². The van der Waals surface area contributed by atoms with Gasteiger partial charge in [0.15, 0.2) is 0 Å². The number of anilines is 1. The Balaban J connectivity index is 2.17. The Kier molecular flexibility index (Phi) is 5.47. The maximum Gasteiger partial charge on any atom is 0.0414 e. The maximum atomic E-state index is 3.56. The van der Waals surface area contributed by atoms with Crippen molar-refractivity contribution in [3.05, 3.63) is 29.3 Å². The molecule has 0 atom stereocenters. The van der Waals surface area contributed by atoms with Crippen LogP contribution >= 0.6 is 0 Å². The SMILES string of the molecule is CCCNCc1cc(C)ccc1N(CC1CC1)C(C)C. The Bertz CT molecular complexity index is 421. The van der Waals surface area contributed by atoms with Crippen LogP contribution in [0.3, 0.4) is 0 Å². The van der Waals surface area contributed by atoms with E-state index in [1.165, 1.54) is 42.6 Å². The summed E-state index contributed by atoms with van der Waals surface area (Å²) < 4.78 is 0. The molecule has 0 heterocycles. The third kappa shape index (κ3) is 4.24. The second kappa shape index (κ2) is 7.12. The van der Waals surface area contributed by atoms with Gasteiger partial charge in [0.2, 0.25) is 0 Å². The highest BCUT2D eigenvalue weighted by molar-refractivity contribution is 5.55. The van der Waals surface area contributed by atoms with Gasteiger partial charge in [-0.1, -0.05) is 24.6 Å². The summed E-state index contributed by atoms with van der Waals surface area (Å²) in [6, 6.07) is 7.49. The Hall–Kier alpha value is -1.02. The van der Waals surface area contributed by atoms with Crippen LogP contribution in [0.2, 0.25) is 0 Å². The quantitative estimate of drug-likeness (QED) is 0.717. The van der Waals surface area contributed by atoms with Crippen molar-refractivity contribution in [2.24, 2.45) is 5.92 Å². The summed E-state index contributed by atoms with van der Waals surface area (Å²) in [6.07, 6.45) is 4.02. The summed E-state index contributed by atoms with van der Waals surface area (Å²) in [6.45, 7) is 12.3. The van der Waals surface area contributed by atoms with Crippen LogP contribution in [0.1, 0.15) is 51.2 Å². The van der Waals surface area contributed by atoms with Crippen molar-refractivity contribution in [1.29, 1.82) is 0 Å². The van der Waals surface area contributed by atoms with Crippen LogP contribution in [-0.4, -0.2) is 19.1 Å². The van der Waals surface area contributed by atoms with Gasteiger partial charge >= 0.3 is 0 Å². The van der Waals surface area contributed by atoms with Gasteiger partial charge in [-0.15, -0.1) is 0 Å². The number of rotatable bonds is 8. The predicted molar refractivity (Wildman–Crippen MR) is 88.4 cm³/mol. The van der Waals surface area contributed by atoms with Gasteiger partial charge < -0.3 is 10.2 Å². The minimum absolute atomic E-state index is 0.572. The second-order valence-electron chi connectivity index (χ2n) is 6.50. The molecule has 2 heteroatoms. The number of hydrogen-bond acceptors (Lipinski definition) is 2. The van der Waals surface area contributed by atoms with E-state index in [2.05, 4.69) is 56.1 Å². The van der Waals surface area contributed by atoms with Crippen molar-refractivity contribution in [2.75, 3.05) is 18.0 Å². The molecule has 1 aromatic rings. The standard InChI is InChI=1S/C18H30N2/c1-5-10-19-12-17-11-15(4)6-9-18(17)20(14(2)3)13-16-7-8-16/h6,9,11,14,16,19H,5,7-8,10,12-13H2,1-4H3. The van der Waals surface area contributed by atoms with E-state index < -0.39 is 0 Å². The smallest absolute Gasteiger partial charge is 0.0414 e. The van der Waals surface area contributed by atoms with Gasteiger partial charge in [-0.2, -0.15) is 0 Å². The lowest BCUT2D eigenvalue weighted by Crippen LogP contribution is -2.34. The van der Waals surface area contributed by atoms with E-state index >= 15 is 0 Å². The molecule has 1 aliphatic carbocycles. The molecule has 0 spiro atoms. The Morgan fingerprint density at radius 2 is 2.05 bits per heavy atom. The third-order valence-electron chi connectivity index (χ3n) is 4.06. The lowest BCUT2D eigenvalue weighted by Gasteiger charge is -2.31. The van der Waals surface area contributed by atoms with Crippen LogP contribution in [0.5, 0.6) is 0 Å². The van der Waals surface area contributed by atoms with Crippen molar-refractivity contribution in [1.82, 2.24) is 5.32 Å².